The van der Waals surface area contributed by atoms with Crippen LogP contribution in [0.3, 0.4) is 0 Å². The van der Waals surface area contributed by atoms with Crippen molar-refractivity contribution in [2.45, 2.75) is 6.04 Å². The van der Waals surface area contributed by atoms with Crippen LogP contribution in [0.25, 0.3) is 0 Å². The van der Waals surface area contributed by atoms with Crippen molar-refractivity contribution in [3.05, 3.63) is 50.6 Å². The Morgan fingerprint density at radius 1 is 1.25 bits per heavy atom. The van der Waals surface area contributed by atoms with Gasteiger partial charge in [0.25, 0.3) is 0 Å². The van der Waals surface area contributed by atoms with Crippen molar-refractivity contribution in [2.75, 3.05) is 0 Å². The lowest BCUT2D eigenvalue weighted by atomic mass is 10.2. The molecule has 0 bridgehead atoms. The molecule has 2 aromatic heterocycles. The summed E-state index contributed by atoms with van der Waals surface area (Å²) in [5.41, 5.74) is 5.81. The van der Waals surface area contributed by atoms with Crippen LogP contribution in [-0.2, 0) is 0 Å². The van der Waals surface area contributed by atoms with Crippen molar-refractivity contribution < 1.29 is 13.8 Å². The molecule has 2 heterocycles. The third kappa shape index (κ3) is 2.00. The zero-order chi connectivity index (χ0) is 11.7. The Labute approximate surface area is 98.3 Å². The Kier molecular flexibility index (Phi) is 2.80. The molecule has 0 fully saturated rings. The second-order valence-corrected chi connectivity index (χ2v) is 3.83. The summed E-state index contributed by atoms with van der Waals surface area (Å²) in [4.78, 5) is 9.80. The summed E-state index contributed by atoms with van der Waals surface area (Å²) < 4.78 is 10.7. The van der Waals surface area contributed by atoms with Gasteiger partial charge in [-0.25, -0.2) is 0 Å². The van der Waals surface area contributed by atoms with Gasteiger partial charge in [-0.05, 0) is 34.1 Å². The van der Waals surface area contributed by atoms with Gasteiger partial charge in [0.05, 0.1) is 6.07 Å². The molecule has 1 atom stereocenters. The van der Waals surface area contributed by atoms with E-state index in [4.69, 9.17) is 14.6 Å². The first-order valence-corrected chi connectivity index (χ1v) is 5.12. The van der Waals surface area contributed by atoms with Gasteiger partial charge in [0.15, 0.2) is 4.67 Å². The predicted molar refractivity (Wildman–Crippen MR) is 57.8 cm³/mol. The number of nitrogens with two attached hydrogens (primary N) is 1. The number of rotatable bonds is 3. The summed E-state index contributed by atoms with van der Waals surface area (Å²) in [5.74, 6) is 0.417. The molecule has 0 aliphatic heterocycles. The highest BCUT2D eigenvalue weighted by Crippen LogP contribution is 2.27. The molecule has 0 saturated carbocycles. The van der Waals surface area contributed by atoms with E-state index in [0.717, 1.165) is 0 Å². The Bertz CT molecular complexity index is 519. The maximum Gasteiger partial charge on any atom is 0.433 e. The molecule has 0 amide bonds. The maximum absolute atomic E-state index is 10.4. The lowest BCUT2D eigenvalue weighted by Gasteiger charge is -2.03. The van der Waals surface area contributed by atoms with E-state index in [1.807, 2.05) is 0 Å². The summed E-state index contributed by atoms with van der Waals surface area (Å²) in [6.45, 7) is 0. The highest BCUT2D eigenvalue weighted by molar-refractivity contribution is 9.10. The summed E-state index contributed by atoms with van der Waals surface area (Å²) in [5, 5.41) is 10.4. The smallest absolute Gasteiger partial charge is 0.433 e. The third-order valence-electron chi connectivity index (χ3n) is 2.00. The Hall–Kier alpha value is -1.60. The third-order valence-corrected chi connectivity index (χ3v) is 2.43. The molecule has 84 valence electrons. The molecule has 16 heavy (non-hydrogen) atoms. The first kappa shape index (κ1) is 10.9. The SMILES string of the molecule is NC(c1ccc(Br)o1)c1ccc([N+](=O)[O-])o1. The van der Waals surface area contributed by atoms with Crippen molar-refractivity contribution in [1.29, 1.82) is 0 Å². The van der Waals surface area contributed by atoms with E-state index in [9.17, 15) is 10.1 Å². The first-order chi connectivity index (χ1) is 7.58. The van der Waals surface area contributed by atoms with Gasteiger partial charge in [-0.1, -0.05) is 0 Å². The van der Waals surface area contributed by atoms with E-state index in [-0.39, 0.29) is 11.6 Å². The molecule has 6 nitrogen and oxygen atoms in total. The minimum Gasteiger partial charge on any atom is -0.452 e. The second-order valence-electron chi connectivity index (χ2n) is 3.05. The van der Waals surface area contributed by atoms with Crippen LogP contribution < -0.4 is 5.73 Å². The monoisotopic (exact) mass is 286 g/mol. The Balaban J connectivity index is 2.26. The molecule has 0 aliphatic carbocycles. The van der Waals surface area contributed by atoms with Crippen LogP contribution in [0, 0.1) is 10.1 Å². The van der Waals surface area contributed by atoms with E-state index in [0.29, 0.717) is 10.4 Å². The minimum atomic E-state index is -0.653. The molecule has 0 saturated heterocycles. The van der Waals surface area contributed by atoms with Crippen LogP contribution in [0.4, 0.5) is 5.88 Å². The topological polar surface area (TPSA) is 95.4 Å². The second kappa shape index (κ2) is 4.11. The van der Waals surface area contributed by atoms with Gasteiger partial charge in [0, 0.05) is 0 Å². The molecule has 1 unspecified atom stereocenters. The number of halogens is 1. The number of furan rings is 2. The quantitative estimate of drug-likeness (QED) is 0.691. The summed E-state index contributed by atoms with van der Waals surface area (Å²) in [6, 6.07) is 5.42. The van der Waals surface area contributed by atoms with Crippen LogP contribution in [0.15, 0.2) is 37.8 Å². The van der Waals surface area contributed by atoms with E-state index < -0.39 is 11.0 Å². The molecular formula is C9H7BrN2O4. The van der Waals surface area contributed by atoms with Crippen LogP contribution >= 0.6 is 15.9 Å². The highest BCUT2D eigenvalue weighted by atomic mass is 79.9. The van der Waals surface area contributed by atoms with E-state index >= 15 is 0 Å². The standard InChI is InChI=1S/C9H7BrN2O4/c10-7-3-1-5(15-7)9(11)6-2-4-8(16-6)12(13)14/h1-4,9H,11H2. The van der Waals surface area contributed by atoms with Crippen LogP contribution in [0.5, 0.6) is 0 Å². The molecule has 0 spiro atoms. The van der Waals surface area contributed by atoms with Gasteiger partial charge in [-0.3, -0.25) is 10.1 Å². The van der Waals surface area contributed by atoms with Gasteiger partial charge < -0.3 is 14.6 Å². The molecule has 0 radical (unpaired) electrons. The van der Waals surface area contributed by atoms with E-state index in [2.05, 4.69) is 15.9 Å². The average molecular weight is 287 g/mol. The van der Waals surface area contributed by atoms with Crippen molar-refractivity contribution in [3.8, 4) is 0 Å². The van der Waals surface area contributed by atoms with Gasteiger partial charge >= 0.3 is 5.88 Å². The fraction of sp³-hybridized carbons (Fsp3) is 0.111. The Morgan fingerprint density at radius 3 is 2.38 bits per heavy atom. The number of nitro groups is 1. The molecule has 2 N–H and O–H groups in total. The van der Waals surface area contributed by atoms with Crippen LogP contribution in [0.2, 0.25) is 0 Å². The zero-order valence-corrected chi connectivity index (χ0v) is 9.51. The summed E-state index contributed by atoms with van der Waals surface area (Å²) in [7, 11) is 0. The first-order valence-electron chi connectivity index (χ1n) is 4.33. The predicted octanol–water partition coefficient (Wildman–Crippen LogP) is 2.59. The molecular weight excluding hydrogens is 280 g/mol. The van der Waals surface area contributed by atoms with Gasteiger partial charge in [0.1, 0.15) is 22.5 Å². The van der Waals surface area contributed by atoms with Crippen molar-refractivity contribution in [2.24, 2.45) is 5.73 Å². The van der Waals surface area contributed by atoms with Crippen LogP contribution in [-0.4, -0.2) is 4.92 Å². The molecule has 0 aliphatic rings. The summed E-state index contributed by atoms with van der Waals surface area (Å²) >= 11 is 3.14. The van der Waals surface area contributed by atoms with Crippen LogP contribution in [0.1, 0.15) is 17.6 Å². The molecule has 7 heteroatoms. The zero-order valence-electron chi connectivity index (χ0n) is 7.92. The van der Waals surface area contributed by atoms with Crippen molar-refractivity contribution in [3.63, 3.8) is 0 Å². The largest absolute Gasteiger partial charge is 0.452 e. The number of nitrogens with zero attached hydrogens (tertiary/aromatic N) is 1. The van der Waals surface area contributed by atoms with E-state index in [1.54, 1.807) is 12.1 Å². The van der Waals surface area contributed by atoms with Crippen molar-refractivity contribution >= 4 is 21.8 Å². The molecule has 0 aromatic carbocycles. The van der Waals surface area contributed by atoms with E-state index in [1.165, 1.54) is 12.1 Å². The van der Waals surface area contributed by atoms with Crippen molar-refractivity contribution in [1.82, 2.24) is 0 Å². The fourth-order valence-corrected chi connectivity index (χ4v) is 1.56. The molecule has 2 aromatic rings. The van der Waals surface area contributed by atoms with Gasteiger partial charge in [-0.2, -0.15) is 0 Å². The van der Waals surface area contributed by atoms with Gasteiger partial charge in [0.2, 0.25) is 0 Å². The normalized spacial score (nSPS) is 12.6. The average Bonchev–Trinajstić information content (AvgIpc) is 2.84. The lowest BCUT2D eigenvalue weighted by molar-refractivity contribution is -0.402. The minimum absolute atomic E-state index is 0.286. The highest BCUT2D eigenvalue weighted by Gasteiger charge is 2.20. The lowest BCUT2D eigenvalue weighted by Crippen LogP contribution is -2.09. The number of hydrogen-bond acceptors (Lipinski definition) is 5. The summed E-state index contributed by atoms with van der Waals surface area (Å²) in [6.07, 6.45) is 0. The fourth-order valence-electron chi connectivity index (χ4n) is 1.24. The molecule has 2 rings (SSSR count). The maximum atomic E-state index is 10.4. The number of hydrogen-bond donors (Lipinski definition) is 1. The van der Waals surface area contributed by atoms with Gasteiger partial charge in [-0.15, -0.1) is 0 Å². The Morgan fingerprint density at radius 2 is 1.88 bits per heavy atom.